The Balaban J connectivity index is 1.93. The molecule has 2 atom stereocenters. The highest BCUT2D eigenvalue weighted by atomic mass is 32.2. The average molecular weight is 250 g/mol. The van der Waals surface area contributed by atoms with Gasteiger partial charge in [-0.05, 0) is 57.4 Å². The van der Waals surface area contributed by atoms with Crippen LogP contribution in [0.1, 0.15) is 37.4 Å². The normalized spacial score (nSPS) is 24.2. The summed E-state index contributed by atoms with van der Waals surface area (Å²) in [5, 5.41) is 5.49. The van der Waals surface area contributed by atoms with Crippen molar-refractivity contribution in [2.75, 3.05) is 6.54 Å². The summed E-state index contributed by atoms with van der Waals surface area (Å²) >= 11 is 1.96. The molecule has 1 N–H and O–H groups in total. The number of aryl methyl sites for hydroxylation is 2. The third kappa shape index (κ3) is 3.71. The van der Waals surface area contributed by atoms with Gasteiger partial charge in [-0.3, -0.25) is 0 Å². The van der Waals surface area contributed by atoms with E-state index in [0.717, 1.165) is 23.5 Å². The van der Waals surface area contributed by atoms with E-state index in [1.54, 1.807) is 0 Å². The number of hydrogen-bond acceptors (Lipinski definition) is 3. The van der Waals surface area contributed by atoms with Crippen molar-refractivity contribution in [1.82, 2.24) is 10.3 Å². The maximum Gasteiger partial charge on any atom is 0.0968 e. The van der Waals surface area contributed by atoms with Gasteiger partial charge in [-0.2, -0.15) is 0 Å². The molecule has 0 saturated heterocycles. The lowest BCUT2D eigenvalue weighted by molar-refractivity contribution is 0.543. The largest absolute Gasteiger partial charge is 0.314 e. The molecule has 17 heavy (non-hydrogen) atoms. The highest BCUT2D eigenvalue weighted by Crippen LogP contribution is 2.34. The maximum absolute atomic E-state index is 4.61. The molecule has 0 spiro atoms. The molecule has 2 unspecified atom stereocenters. The van der Waals surface area contributed by atoms with Crippen LogP contribution in [0.15, 0.2) is 17.2 Å². The lowest BCUT2D eigenvalue weighted by atomic mass is 10.2. The third-order valence-electron chi connectivity index (χ3n) is 3.24. The number of nitrogens with one attached hydrogen (secondary N) is 1. The Morgan fingerprint density at radius 2 is 2.18 bits per heavy atom. The summed E-state index contributed by atoms with van der Waals surface area (Å²) in [5.41, 5.74) is 2.45. The van der Waals surface area contributed by atoms with Gasteiger partial charge in [0.05, 0.1) is 5.03 Å². The first-order valence-corrected chi connectivity index (χ1v) is 7.40. The molecule has 1 aromatic rings. The lowest BCUT2D eigenvalue weighted by Crippen LogP contribution is -2.26. The topological polar surface area (TPSA) is 24.9 Å². The van der Waals surface area contributed by atoms with Crippen LogP contribution in [0.3, 0.4) is 0 Å². The summed E-state index contributed by atoms with van der Waals surface area (Å²) in [6.07, 6.45) is 3.92. The van der Waals surface area contributed by atoms with E-state index in [1.807, 2.05) is 11.8 Å². The fourth-order valence-electron chi connectivity index (χ4n) is 2.56. The molecule has 1 aliphatic carbocycles. The number of pyridine rings is 1. The molecule has 0 aromatic carbocycles. The SMILES string of the molecule is CCNC1CCC(Sc2cc(C)cc(C)n2)C1. The van der Waals surface area contributed by atoms with Gasteiger partial charge in [0, 0.05) is 17.0 Å². The van der Waals surface area contributed by atoms with E-state index in [1.165, 1.54) is 29.9 Å². The molecular formula is C14H22N2S. The van der Waals surface area contributed by atoms with Crippen molar-refractivity contribution in [3.05, 3.63) is 23.4 Å². The smallest absolute Gasteiger partial charge is 0.0968 e. The first kappa shape index (κ1) is 12.9. The van der Waals surface area contributed by atoms with E-state index in [0.29, 0.717) is 0 Å². The molecule has 0 radical (unpaired) electrons. The summed E-state index contributed by atoms with van der Waals surface area (Å²) in [4.78, 5) is 4.61. The molecule has 1 aliphatic rings. The number of hydrogen-bond donors (Lipinski definition) is 1. The van der Waals surface area contributed by atoms with E-state index < -0.39 is 0 Å². The minimum Gasteiger partial charge on any atom is -0.314 e. The maximum atomic E-state index is 4.61. The molecule has 3 heteroatoms. The van der Waals surface area contributed by atoms with Crippen molar-refractivity contribution in [1.29, 1.82) is 0 Å². The Kier molecular flexibility index (Phi) is 4.46. The molecule has 2 rings (SSSR count). The minimum absolute atomic E-state index is 0.725. The van der Waals surface area contributed by atoms with Crippen molar-refractivity contribution in [2.24, 2.45) is 0 Å². The van der Waals surface area contributed by atoms with Gasteiger partial charge in [0.1, 0.15) is 0 Å². The van der Waals surface area contributed by atoms with E-state index in [-0.39, 0.29) is 0 Å². The first-order chi connectivity index (χ1) is 8.17. The summed E-state index contributed by atoms with van der Waals surface area (Å²) in [6, 6.07) is 5.07. The van der Waals surface area contributed by atoms with Gasteiger partial charge in [-0.15, -0.1) is 11.8 Å². The average Bonchev–Trinajstić information content (AvgIpc) is 2.64. The number of nitrogens with zero attached hydrogens (tertiary/aromatic N) is 1. The van der Waals surface area contributed by atoms with Crippen LogP contribution >= 0.6 is 11.8 Å². The predicted octanol–water partition coefficient (Wildman–Crippen LogP) is 3.32. The summed E-state index contributed by atoms with van der Waals surface area (Å²) in [6.45, 7) is 7.50. The van der Waals surface area contributed by atoms with E-state index in [4.69, 9.17) is 0 Å². The van der Waals surface area contributed by atoms with Gasteiger partial charge in [0.25, 0.3) is 0 Å². The molecule has 1 heterocycles. The zero-order chi connectivity index (χ0) is 12.3. The van der Waals surface area contributed by atoms with Crippen LogP contribution in [0.25, 0.3) is 0 Å². The van der Waals surface area contributed by atoms with E-state index in [2.05, 4.69) is 43.2 Å². The Bertz CT molecular complexity index is 358. The van der Waals surface area contributed by atoms with E-state index >= 15 is 0 Å². The second kappa shape index (κ2) is 5.87. The van der Waals surface area contributed by atoms with Crippen molar-refractivity contribution < 1.29 is 0 Å². The van der Waals surface area contributed by atoms with E-state index in [9.17, 15) is 0 Å². The second-order valence-electron chi connectivity index (χ2n) is 4.93. The van der Waals surface area contributed by atoms with Crippen molar-refractivity contribution in [2.45, 2.75) is 56.4 Å². The van der Waals surface area contributed by atoms with Gasteiger partial charge in [-0.25, -0.2) is 4.98 Å². The van der Waals surface area contributed by atoms with Crippen molar-refractivity contribution in [3.8, 4) is 0 Å². The van der Waals surface area contributed by atoms with Crippen LogP contribution in [0.2, 0.25) is 0 Å². The van der Waals surface area contributed by atoms with Crippen molar-refractivity contribution in [3.63, 3.8) is 0 Å². The summed E-state index contributed by atoms with van der Waals surface area (Å²) in [7, 11) is 0. The second-order valence-corrected chi connectivity index (χ2v) is 6.25. The Labute approximate surface area is 109 Å². The van der Waals surface area contributed by atoms with Gasteiger partial charge >= 0.3 is 0 Å². The standard InChI is InChI=1S/C14H22N2S/c1-4-15-12-5-6-13(9-12)17-14-8-10(2)7-11(3)16-14/h7-8,12-13,15H,4-6,9H2,1-3H3. The summed E-state index contributed by atoms with van der Waals surface area (Å²) in [5.74, 6) is 0. The fourth-order valence-corrected chi connectivity index (χ4v) is 3.93. The molecule has 0 aliphatic heterocycles. The van der Waals surface area contributed by atoms with Gasteiger partial charge < -0.3 is 5.32 Å². The fraction of sp³-hybridized carbons (Fsp3) is 0.643. The molecular weight excluding hydrogens is 228 g/mol. The third-order valence-corrected chi connectivity index (χ3v) is 4.45. The van der Waals surface area contributed by atoms with Gasteiger partial charge in [0.15, 0.2) is 0 Å². The molecule has 0 bridgehead atoms. The zero-order valence-corrected chi connectivity index (χ0v) is 11.8. The van der Waals surface area contributed by atoms with Crippen LogP contribution in [-0.2, 0) is 0 Å². The number of thioether (sulfide) groups is 1. The monoisotopic (exact) mass is 250 g/mol. The van der Waals surface area contributed by atoms with Crippen LogP contribution in [0, 0.1) is 13.8 Å². The zero-order valence-electron chi connectivity index (χ0n) is 11.0. The Hall–Kier alpha value is -0.540. The van der Waals surface area contributed by atoms with Crippen LogP contribution in [0.5, 0.6) is 0 Å². The first-order valence-electron chi connectivity index (χ1n) is 6.52. The van der Waals surface area contributed by atoms with Crippen LogP contribution in [-0.4, -0.2) is 22.8 Å². The van der Waals surface area contributed by atoms with Crippen LogP contribution in [0.4, 0.5) is 0 Å². The van der Waals surface area contributed by atoms with Gasteiger partial charge in [-0.1, -0.05) is 6.92 Å². The molecule has 2 nitrogen and oxygen atoms in total. The molecule has 1 fully saturated rings. The quantitative estimate of drug-likeness (QED) is 0.887. The number of aromatic nitrogens is 1. The van der Waals surface area contributed by atoms with Crippen molar-refractivity contribution >= 4 is 11.8 Å². The Morgan fingerprint density at radius 3 is 2.88 bits per heavy atom. The predicted molar refractivity (Wildman–Crippen MR) is 74.7 cm³/mol. The van der Waals surface area contributed by atoms with Gasteiger partial charge in [0.2, 0.25) is 0 Å². The molecule has 1 aromatic heterocycles. The molecule has 94 valence electrons. The highest BCUT2D eigenvalue weighted by molar-refractivity contribution is 7.99. The molecule has 0 amide bonds. The van der Waals surface area contributed by atoms with Crippen LogP contribution < -0.4 is 5.32 Å². The number of rotatable bonds is 4. The molecule has 1 saturated carbocycles. The Morgan fingerprint density at radius 1 is 1.35 bits per heavy atom. The summed E-state index contributed by atoms with van der Waals surface area (Å²) < 4.78 is 0. The highest BCUT2D eigenvalue weighted by Gasteiger charge is 2.24. The lowest BCUT2D eigenvalue weighted by Gasteiger charge is -2.12. The minimum atomic E-state index is 0.725.